The van der Waals surface area contributed by atoms with E-state index in [-0.39, 0.29) is 12.5 Å². The number of anilines is 1. The molecule has 1 amide bonds. The van der Waals surface area contributed by atoms with Gasteiger partial charge in [-0.25, -0.2) is 0 Å². The van der Waals surface area contributed by atoms with Crippen molar-refractivity contribution in [2.24, 2.45) is 0 Å². The highest BCUT2D eigenvalue weighted by molar-refractivity contribution is 5.78. The molecule has 1 aliphatic heterocycles. The van der Waals surface area contributed by atoms with E-state index in [1.165, 1.54) is 16.8 Å². The van der Waals surface area contributed by atoms with E-state index in [0.717, 1.165) is 45.6 Å². The van der Waals surface area contributed by atoms with Crippen molar-refractivity contribution in [2.45, 2.75) is 12.8 Å². The van der Waals surface area contributed by atoms with Crippen molar-refractivity contribution in [3.63, 3.8) is 0 Å². The Hall–Kier alpha value is -3.38. The average Bonchev–Trinajstić information content (AvgIpc) is 2.89. The van der Waals surface area contributed by atoms with Crippen molar-refractivity contribution in [3.8, 4) is 16.9 Å². The Bertz CT molecular complexity index is 989. The number of hydrogen-bond acceptors (Lipinski definition) is 5. The zero-order valence-corrected chi connectivity index (χ0v) is 19.0. The van der Waals surface area contributed by atoms with Crippen LogP contribution in [0.1, 0.15) is 12.8 Å². The van der Waals surface area contributed by atoms with Crippen LogP contribution in [-0.2, 0) is 4.79 Å². The van der Waals surface area contributed by atoms with Crippen molar-refractivity contribution < 1.29 is 9.53 Å². The molecular weight excluding hydrogens is 412 g/mol. The zero-order chi connectivity index (χ0) is 22.7. The number of benzene rings is 2. The molecule has 1 fully saturated rings. The number of pyridine rings is 1. The second-order valence-electron chi connectivity index (χ2n) is 8.25. The minimum absolute atomic E-state index is 0.0259. The molecule has 1 aromatic heterocycles. The number of nitrogens with zero attached hydrogens (tertiary/aromatic N) is 3. The summed E-state index contributed by atoms with van der Waals surface area (Å²) in [7, 11) is 0. The lowest BCUT2D eigenvalue weighted by Gasteiger charge is -2.37. The Morgan fingerprint density at radius 1 is 0.909 bits per heavy atom. The van der Waals surface area contributed by atoms with E-state index in [1.54, 1.807) is 24.5 Å². The Kier molecular flexibility index (Phi) is 8.30. The number of carbonyl (C=O) groups excluding carboxylic acids is 1. The normalized spacial score (nSPS) is 14.1. The first-order chi connectivity index (χ1) is 16.3. The predicted molar refractivity (Wildman–Crippen MR) is 133 cm³/mol. The lowest BCUT2D eigenvalue weighted by Crippen LogP contribution is -2.46. The Balaban J connectivity index is 1.14. The first-order valence-electron chi connectivity index (χ1n) is 11.7. The monoisotopic (exact) mass is 444 g/mol. The smallest absolute Gasteiger partial charge is 0.257 e. The van der Waals surface area contributed by atoms with Gasteiger partial charge in [0.1, 0.15) is 5.75 Å². The number of ether oxygens (including phenoxy) is 1. The first-order valence-corrected chi connectivity index (χ1v) is 11.7. The molecule has 0 aliphatic carbocycles. The number of carbonyl (C=O) groups is 1. The summed E-state index contributed by atoms with van der Waals surface area (Å²) in [5, 5.41) is 2.93. The lowest BCUT2D eigenvalue weighted by molar-refractivity contribution is -0.123. The second-order valence-corrected chi connectivity index (χ2v) is 8.25. The number of amides is 1. The van der Waals surface area contributed by atoms with Crippen LogP contribution in [0.25, 0.3) is 11.1 Å². The summed E-state index contributed by atoms with van der Waals surface area (Å²) >= 11 is 0. The van der Waals surface area contributed by atoms with E-state index in [0.29, 0.717) is 12.3 Å². The van der Waals surface area contributed by atoms with Gasteiger partial charge in [-0.15, -0.1) is 0 Å². The quantitative estimate of drug-likeness (QED) is 0.482. The minimum atomic E-state index is -0.0930. The van der Waals surface area contributed by atoms with Gasteiger partial charge in [-0.3, -0.25) is 14.7 Å². The molecule has 1 saturated heterocycles. The molecule has 6 heteroatoms. The Morgan fingerprint density at radius 3 is 2.48 bits per heavy atom. The second kappa shape index (κ2) is 12.0. The van der Waals surface area contributed by atoms with Gasteiger partial charge in [0.05, 0.1) is 6.20 Å². The summed E-state index contributed by atoms with van der Waals surface area (Å²) < 4.78 is 5.42. The van der Waals surface area contributed by atoms with Crippen LogP contribution in [0.5, 0.6) is 5.75 Å². The fourth-order valence-corrected chi connectivity index (χ4v) is 4.14. The molecular formula is C27H32N4O2. The molecule has 0 unspecified atom stereocenters. The molecule has 1 aliphatic rings. The number of unbranched alkanes of at least 4 members (excludes halogenated alkanes) is 1. The van der Waals surface area contributed by atoms with Gasteiger partial charge in [-0.1, -0.05) is 48.5 Å². The van der Waals surface area contributed by atoms with Crippen LogP contribution < -0.4 is 15.0 Å². The van der Waals surface area contributed by atoms with E-state index in [4.69, 9.17) is 4.74 Å². The van der Waals surface area contributed by atoms with E-state index in [9.17, 15) is 4.79 Å². The molecule has 0 spiro atoms. The summed E-state index contributed by atoms with van der Waals surface area (Å²) in [6.45, 7) is 5.97. The highest BCUT2D eigenvalue weighted by Gasteiger charge is 2.19. The van der Waals surface area contributed by atoms with Crippen LogP contribution in [0, 0.1) is 0 Å². The molecule has 0 radical (unpaired) electrons. The largest absolute Gasteiger partial charge is 0.482 e. The van der Waals surface area contributed by atoms with Crippen LogP contribution in [0.3, 0.4) is 0 Å². The number of rotatable bonds is 10. The van der Waals surface area contributed by atoms with E-state index >= 15 is 0 Å². The van der Waals surface area contributed by atoms with Crippen molar-refractivity contribution in [2.75, 3.05) is 50.8 Å². The summed E-state index contributed by atoms with van der Waals surface area (Å²) in [6, 6.07) is 22.9. The maximum absolute atomic E-state index is 11.9. The number of piperazine rings is 1. The highest BCUT2D eigenvalue weighted by Crippen LogP contribution is 2.31. The van der Waals surface area contributed by atoms with Crippen LogP contribution >= 0.6 is 0 Å². The predicted octanol–water partition coefficient (Wildman–Crippen LogP) is 3.85. The SMILES string of the molecule is O=C(COc1cccnc1)NCCCCN1CCN(c2ccccc2-c2ccccc2)CC1. The molecule has 2 heterocycles. The van der Waals surface area contributed by atoms with Gasteiger partial charge < -0.3 is 15.0 Å². The number of hydrogen-bond donors (Lipinski definition) is 1. The Labute approximate surface area is 196 Å². The van der Waals surface area contributed by atoms with Gasteiger partial charge in [0, 0.05) is 50.2 Å². The number of aromatic nitrogens is 1. The third-order valence-electron chi connectivity index (χ3n) is 5.93. The molecule has 4 rings (SSSR count). The standard InChI is InChI=1S/C27H32N4O2/c32-27(22-33-24-11-8-14-28-21-24)29-15-6-7-16-30-17-19-31(20-18-30)26-13-5-4-12-25(26)23-9-2-1-3-10-23/h1-5,8-14,21H,6-7,15-20,22H2,(H,29,32). The summed E-state index contributed by atoms with van der Waals surface area (Å²) in [5.41, 5.74) is 3.89. The maximum atomic E-state index is 11.9. The third kappa shape index (κ3) is 6.80. The van der Waals surface area contributed by atoms with Gasteiger partial charge >= 0.3 is 0 Å². The molecule has 3 aromatic rings. The van der Waals surface area contributed by atoms with Gasteiger partial charge in [-0.2, -0.15) is 0 Å². The van der Waals surface area contributed by atoms with Crippen LogP contribution in [0.4, 0.5) is 5.69 Å². The first kappa shape index (κ1) is 22.8. The van der Waals surface area contributed by atoms with Gasteiger partial charge in [-0.05, 0) is 43.1 Å². The minimum Gasteiger partial charge on any atom is -0.482 e. The third-order valence-corrected chi connectivity index (χ3v) is 5.93. The van der Waals surface area contributed by atoms with E-state index in [1.807, 2.05) is 0 Å². The molecule has 172 valence electrons. The lowest BCUT2D eigenvalue weighted by atomic mass is 10.0. The fraction of sp³-hybridized carbons (Fsp3) is 0.333. The summed E-state index contributed by atoms with van der Waals surface area (Å²) in [4.78, 5) is 20.9. The molecule has 2 aromatic carbocycles. The van der Waals surface area contributed by atoms with Crippen molar-refractivity contribution in [3.05, 3.63) is 79.1 Å². The molecule has 33 heavy (non-hydrogen) atoms. The molecule has 6 nitrogen and oxygen atoms in total. The maximum Gasteiger partial charge on any atom is 0.257 e. The molecule has 0 saturated carbocycles. The van der Waals surface area contributed by atoms with Crippen LogP contribution in [0.2, 0.25) is 0 Å². The average molecular weight is 445 g/mol. The van der Waals surface area contributed by atoms with Crippen LogP contribution in [-0.4, -0.2) is 61.7 Å². The number of nitrogens with one attached hydrogen (secondary N) is 1. The van der Waals surface area contributed by atoms with Crippen molar-refractivity contribution in [1.82, 2.24) is 15.2 Å². The summed E-state index contributed by atoms with van der Waals surface area (Å²) in [6.07, 6.45) is 5.32. The van der Waals surface area contributed by atoms with Gasteiger partial charge in [0.25, 0.3) is 5.91 Å². The topological polar surface area (TPSA) is 57.7 Å². The molecule has 0 atom stereocenters. The fourth-order valence-electron chi connectivity index (χ4n) is 4.14. The zero-order valence-electron chi connectivity index (χ0n) is 19.0. The molecule has 1 N–H and O–H groups in total. The van der Waals surface area contributed by atoms with Crippen LogP contribution in [0.15, 0.2) is 79.1 Å². The summed E-state index contributed by atoms with van der Waals surface area (Å²) in [5.74, 6) is 0.516. The van der Waals surface area contributed by atoms with Crippen molar-refractivity contribution in [1.29, 1.82) is 0 Å². The van der Waals surface area contributed by atoms with E-state index < -0.39 is 0 Å². The van der Waals surface area contributed by atoms with E-state index in [2.05, 4.69) is 74.7 Å². The Morgan fingerprint density at radius 2 is 1.70 bits per heavy atom. The molecule has 0 bridgehead atoms. The highest BCUT2D eigenvalue weighted by atomic mass is 16.5. The van der Waals surface area contributed by atoms with Crippen molar-refractivity contribution >= 4 is 11.6 Å². The van der Waals surface area contributed by atoms with Gasteiger partial charge in [0.15, 0.2) is 6.61 Å². The van der Waals surface area contributed by atoms with Gasteiger partial charge in [0.2, 0.25) is 0 Å². The number of para-hydroxylation sites is 1.